The van der Waals surface area contributed by atoms with Gasteiger partial charge in [-0.05, 0) is 46.3 Å². The molecule has 0 radical (unpaired) electrons. The summed E-state index contributed by atoms with van der Waals surface area (Å²) in [5.41, 5.74) is 6.97. The molecule has 0 aliphatic carbocycles. The molecule has 2 aromatic carbocycles. The number of hydrogen-bond acceptors (Lipinski definition) is 3. The number of nitrogens with zero attached hydrogens (tertiary/aromatic N) is 1. The number of benzene rings is 2. The molecule has 0 aliphatic rings. The average Bonchev–Trinajstić information content (AvgIpc) is 2.47. The quantitative estimate of drug-likeness (QED) is 0.832. The van der Waals surface area contributed by atoms with Gasteiger partial charge >= 0.3 is 5.97 Å². The Labute approximate surface area is 130 Å². The molecule has 0 aromatic heterocycles. The second kappa shape index (κ2) is 6.41. The van der Waals surface area contributed by atoms with Crippen molar-refractivity contribution in [1.29, 1.82) is 0 Å². The Morgan fingerprint density at radius 2 is 1.81 bits per heavy atom. The fourth-order valence-electron chi connectivity index (χ4n) is 1.88. The molecule has 5 nitrogen and oxygen atoms in total. The summed E-state index contributed by atoms with van der Waals surface area (Å²) in [7, 11) is 0. The van der Waals surface area contributed by atoms with Gasteiger partial charge in [-0.2, -0.15) is 0 Å². The van der Waals surface area contributed by atoms with E-state index in [-0.39, 0.29) is 0 Å². The van der Waals surface area contributed by atoms with Crippen LogP contribution in [0.2, 0.25) is 0 Å². The topological polar surface area (TPSA) is 83.6 Å². The fraction of sp³-hybridized carbons (Fsp3) is 0.0667. The molecule has 0 heterocycles. The molecule has 0 unspecified atom stereocenters. The minimum atomic E-state index is -1.09. The van der Waals surface area contributed by atoms with E-state index in [1.165, 1.54) is 11.0 Å². The lowest BCUT2D eigenvalue weighted by molar-refractivity contribution is -0.135. The van der Waals surface area contributed by atoms with Gasteiger partial charge in [-0.1, -0.05) is 18.2 Å². The predicted octanol–water partition coefficient (Wildman–Crippen LogP) is 2.76. The number of carboxylic acid groups (broad SMARTS) is 1. The zero-order valence-electron chi connectivity index (χ0n) is 11.0. The number of hydrogen-bond donors (Lipinski definition) is 2. The number of anilines is 2. The van der Waals surface area contributed by atoms with E-state index < -0.39 is 18.4 Å². The molecule has 21 heavy (non-hydrogen) atoms. The van der Waals surface area contributed by atoms with Crippen LogP contribution in [0, 0.1) is 0 Å². The highest BCUT2D eigenvalue weighted by atomic mass is 79.9. The second-order valence-corrected chi connectivity index (χ2v) is 5.21. The number of aliphatic carboxylic acids is 1. The highest BCUT2D eigenvalue weighted by molar-refractivity contribution is 9.10. The third kappa shape index (κ3) is 3.61. The lowest BCUT2D eigenvalue weighted by atomic mass is 10.1. The Hall–Kier alpha value is -2.34. The Morgan fingerprint density at radius 1 is 1.14 bits per heavy atom. The van der Waals surface area contributed by atoms with E-state index in [1.54, 1.807) is 42.5 Å². The number of rotatable bonds is 4. The zero-order valence-corrected chi connectivity index (χ0v) is 12.6. The number of nitrogens with two attached hydrogens (primary N) is 1. The van der Waals surface area contributed by atoms with Crippen LogP contribution in [0.3, 0.4) is 0 Å². The van der Waals surface area contributed by atoms with Crippen LogP contribution in [0.4, 0.5) is 11.4 Å². The van der Waals surface area contributed by atoms with E-state index in [4.69, 9.17) is 10.8 Å². The molecule has 2 aromatic rings. The number of carbonyl (C=O) groups excluding carboxylic acids is 1. The van der Waals surface area contributed by atoms with Gasteiger partial charge in [0.2, 0.25) is 0 Å². The highest BCUT2D eigenvalue weighted by Crippen LogP contribution is 2.24. The largest absolute Gasteiger partial charge is 0.480 e. The number of halogens is 1. The van der Waals surface area contributed by atoms with E-state index in [0.717, 1.165) is 0 Å². The van der Waals surface area contributed by atoms with Crippen molar-refractivity contribution < 1.29 is 14.7 Å². The summed E-state index contributed by atoms with van der Waals surface area (Å²) in [6.07, 6.45) is 0. The first-order valence-electron chi connectivity index (χ1n) is 6.13. The summed E-state index contributed by atoms with van der Waals surface area (Å²) in [5.74, 6) is -1.52. The molecule has 0 spiro atoms. The maximum atomic E-state index is 12.6. The first kappa shape index (κ1) is 15.1. The fourth-order valence-corrected chi connectivity index (χ4v) is 2.29. The van der Waals surface area contributed by atoms with Gasteiger partial charge in [0.1, 0.15) is 6.54 Å². The van der Waals surface area contributed by atoms with Crippen LogP contribution in [0.5, 0.6) is 0 Å². The number of amides is 1. The van der Waals surface area contributed by atoms with Gasteiger partial charge in [-0.15, -0.1) is 0 Å². The number of para-hydroxylation sites is 1. The smallest absolute Gasteiger partial charge is 0.323 e. The Morgan fingerprint density at radius 3 is 2.43 bits per heavy atom. The summed E-state index contributed by atoms with van der Waals surface area (Å²) >= 11 is 3.29. The van der Waals surface area contributed by atoms with Crippen molar-refractivity contribution in [3.63, 3.8) is 0 Å². The van der Waals surface area contributed by atoms with Gasteiger partial charge in [0.05, 0.1) is 5.56 Å². The normalized spacial score (nSPS) is 10.1. The van der Waals surface area contributed by atoms with Crippen LogP contribution in [-0.4, -0.2) is 23.5 Å². The lowest BCUT2D eigenvalue weighted by Gasteiger charge is -2.21. The summed E-state index contributed by atoms with van der Waals surface area (Å²) in [6, 6.07) is 13.5. The average molecular weight is 349 g/mol. The summed E-state index contributed by atoms with van der Waals surface area (Å²) < 4.78 is 0.563. The monoisotopic (exact) mass is 348 g/mol. The molecule has 0 atom stereocenters. The number of carboxylic acids is 1. The van der Waals surface area contributed by atoms with E-state index >= 15 is 0 Å². The minimum absolute atomic E-state index is 0.320. The van der Waals surface area contributed by atoms with Gasteiger partial charge in [0, 0.05) is 15.8 Å². The molecule has 0 saturated heterocycles. The molecular formula is C15H13BrN2O3. The first-order chi connectivity index (χ1) is 9.99. The SMILES string of the molecule is Nc1ccc(Br)c(C(=O)N(CC(=O)O)c2ccccc2)c1. The van der Waals surface area contributed by atoms with Crippen molar-refractivity contribution in [1.82, 2.24) is 0 Å². The van der Waals surface area contributed by atoms with Crippen molar-refractivity contribution in [3.8, 4) is 0 Å². The lowest BCUT2D eigenvalue weighted by Crippen LogP contribution is -2.36. The Kier molecular flexibility index (Phi) is 4.59. The van der Waals surface area contributed by atoms with E-state index in [2.05, 4.69) is 15.9 Å². The minimum Gasteiger partial charge on any atom is -0.480 e. The third-order valence-electron chi connectivity index (χ3n) is 2.83. The molecular weight excluding hydrogens is 336 g/mol. The molecule has 0 saturated carbocycles. The van der Waals surface area contributed by atoms with E-state index in [1.807, 2.05) is 0 Å². The Bertz CT molecular complexity index is 674. The molecule has 2 rings (SSSR count). The number of nitrogen functional groups attached to an aromatic ring is 1. The summed E-state index contributed by atoms with van der Waals surface area (Å²) in [4.78, 5) is 24.9. The third-order valence-corrected chi connectivity index (χ3v) is 3.52. The molecule has 6 heteroatoms. The molecule has 0 bridgehead atoms. The van der Waals surface area contributed by atoms with E-state index in [9.17, 15) is 9.59 Å². The molecule has 1 amide bonds. The second-order valence-electron chi connectivity index (χ2n) is 4.36. The zero-order chi connectivity index (χ0) is 15.4. The number of carbonyl (C=O) groups is 2. The summed E-state index contributed by atoms with van der Waals surface area (Å²) in [6.45, 7) is -0.427. The van der Waals surface area contributed by atoms with Crippen molar-refractivity contribution >= 4 is 39.2 Å². The van der Waals surface area contributed by atoms with Gasteiger partial charge in [0.25, 0.3) is 5.91 Å². The maximum absolute atomic E-state index is 12.6. The van der Waals surface area contributed by atoms with Crippen molar-refractivity contribution in [3.05, 3.63) is 58.6 Å². The van der Waals surface area contributed by atoms with Crippen LogP contribution in [0.25, 0.3) is 0 Å². The Balaban J connectivity index is 2.43. The van der Waals surface area contributed by atoms with Crippen LogP contribution in [0.1, 0.15) is 10.4 Å². The van der Waals surface area contributed by atoms with Crippen molar-refractivity contribution in [2.45, 2.75) is 0 Å². The van der Waals surface area contributed by atoms with Gasteiger partial charge in [-0.25, -0.2) is 0 Å². The first-order valence-corrected chi connectivity index (χ1v) is 6.92. The van der Waals surface area contributed by atoms with Crippen LogP contribution < -0.4 is 10.6 Å². The maximum Gasteiger partial charge on any atom is 0.323 e. The highest BCUT2D eigenvalue weighted by Gasteiger charge is 2.22. The summed E-state index contributed by atoms with van der Waals surface area (Å²) in [5, 5.41) is 9.03. The molecule has 3 N–H and O–H groups in total. The van der Waals surface area contributed by atoms with Crippen LogP contribution in [0.15, 0.2) is 53.0 Å². The van der Waals surface area contributed by atoms with Gasteiger partial charge < -0.3 is 10.8 Å². The van der Waals surface area contributed by atoms with Crippen molar-refractivity contribution in [2.24, 2.45) is 0 Å². The van der Waals surface area contributed by atoms with Crippen LogP contribution in [-0.2, 0) is 4.79 Å². The van der Waals surface area contributed by atoms with Crippen LogP contribution >= 0.6 is 15.9 Å². The van der Waals surface area contributed by atoms with E-state index in [0.29, 0.717) is 21.4 Å². The van der Waals surface area contributed by atoms with Gasteiger partial charge in [0.15, 0.2) is 0 Å². The molecule has 108 valence electrons. The standard InChI is InChI=1S/C15H13BrN2O3/c16-13-7-6-10(17)8-12(13)15(21)18(9-14(19)20)11-4-2-1-3-5-11/h1-8H,9,17H2,(H,19,20). The molecule has 0 aliphatic heterocycles. The predicted molar refractivity (Wildman–Crippen MR) is 84.3 cm³/mol. The van der Waals surface area contributed by atoms with Crippen molar-refractivity contribution in [2.75, 3.05) is 17.2 Å². The molecule has 0 fully saturated rings. The van der Waals surface area contributed by atoms with Gasteiger partial charge in [-0.3, -0.25) is 14.5 Å².